The molecule has 0 aromatic rings. The van der Waals surface area contributed by atoms with Crippen molar-refractivity contribution in [2.24, 2.45) is 0 Å². The predicted octanol–water partition coefficient (Wildman–Crippen LogP) is 0.689. The van der Waals surface area contributed by atoms with Crippen molar-refractivity contribution in [1.29, 1.82) is 0 Å². The zero-order valence-corrected chi connectivity index (χ0v) is 12.7. The van der Waals surface area contributed by atoms with Crippen LogP contribution in [0.2, 0.25) is 26.2 Å². The van der Waals surface area contributed by atoms with E-state index in [1.807, 2.05) is 0 Å². The molecule has 0 bridgehead atoms. The lowest BCUT2D eigenvalue weighted by Gasteiger charge is -2.31. The van der Waals surface area contributed by atoms with Crippen molar-refractivity contribution in [2.75, 3.05) is 0 Å². The van der Waals surface area contributed by atoms with Crippen LogP contribution in [-0.4, -0.2) is 29.0 Å². The van der Waals surface area contributed by atoms with E-state index < -0.39 is 8.24 Å². The third-order valence-electron chi connectivity index (χ3n) is 1.47. The van der Waals surface area contributed by atoms with Crippen molar-refractivity contribution >= 4 is 46.9 Å². The topological polar surface area (TPSA) is 3.24 Å². The van der Waals surface area contributed by atoms with Crippen LogP contribution < -0.4 is 0 Å². The first-order valence-electron chi connectivity index (χ1n) is 3.33. The minimum atomic E-state index is -0.837. The van der Waals surface area contributed by atoms with Gasteiger partial charge in [0, 0.05) is 0 Å². The molecule has 0 saturated heterocycles. The Morgan fingerprint density at radius 2 is 1.78 bits per heavy atom. The lowest BCUT2D eigenvalue weighted by Crippen LogP contribution is -2.47. The van der Waals surface area contributed by atoms with Crippen LogP contribution in [0.15, 0.2) is 0 Å². The van der Waals surface area contributed by atoms with Crippen molar-refractivity contribution in [3.05, 3.63) is 0 Å². The van der Waals surface area contributed by atoms with Gasteiger partial charge in [-0.2, -0.15) is 0 Å². The van der Waals surface area contributed by atoms with E-state index in [1.165, 1.54) is 0 Å². The highest BCUT2D eigenvalue weighted by molar-refractivity contribution is 14.1. The van der Waals surface area contributed by atoms with Crippen LogP contribution >= 0.6 is 21.8 Å². The molecule has 9 heavy (non-hydrogen) atoms. The van der Waals surface area contributed by atoms with Crippen molar-refractivity contribution < 1.29 is 0 Å². The minimum absolute atomic E-state index is 0.151. The molecular weight excluding hydrogens is 273 g/mol. The smallest absolute Gasteiger partial charge is 0.152 e. The molecule has 0 rings (SSSR count). The Morgan fingerprint density at radius 3 is 1.78 bits per heavy atom. The molecule has 0 aliphatic heterocycles. The number of nitrogens with zero attached hydrogens (tertiary/aromatic N) is 1. The van der Waals surface area contributed by atoms with E-state index in [4.69, 9.17) is 0 Å². The van der Waals surface area contributed by atoms with Gasteiger partial charge in [-0.25, -0.2) is 0 Å². The van der Waals surface area contributed by atoms with Gasteiger partial charge >= 0.3 is 0 Å². The van der Waals surface area contributed by atoms with Crippen molar-refractivity contribution in [2.45, 2.75) is 26.2 Å². The SMILES string of the molecule is C[SiH2]N([SiH2]I)[Si](C)(C)C. The Bertz CT molecular complexity index is 78.4. The summed E-state index contributed by atoms with van der Waals surface area (Å²) < 4.78 is 2.84. The van der Waals surface area contributed by atoms with Crippen LogP contribution in [0.1, 0.15) is 0 Å². The van der Waals surface area contributed by atoms with E-state index in [9.17, 15) is 0 Å². The Morgan fingerprint density at radius 1 is 1.33 bits per heavy atom. The summed E-state index contributed by atoms with van der Waals surface area (Å²) in [7, 11) is -0.514. The average molecular weight is 289 g/mol. The highest BCUT2D eigenvalue weighted by atomic mass is 127. The van der Waals surface area contributed by atoms with E-state index in [0.717, 1.165) is 0 Å². The number of halogens is 1. The molecule has 1 nitrogen and oxygen atoms in total. The van der Waals surface area contributed by atoms with Gasteiger partial charge in [0.25, 0.3) is 0 Å². The standard InChI is InChI=1S/C4H16INSi3/c1-7-6(8-5)9(2,3)4/h7-8H2,1-4H3. The molecular formula is C4H16INSi3. The Balaban J connectivity index is 3.79. The lowest BCUT2D eigenvalue weighted by atomic mass is 11.8. The van der Waals surface area contributed by atoms with Gasteiger partial charge in [0.1, 0.15) is 8.24 Å². The molecule has 0 heterocycles. The summed E-state index contributed by atoms with van der Waals surface area (Å²) in [5, 5.41) is 0. The summed E-state index contributed by atoms with van der Waals surface area (Å²) in [5.41, 5.74) is 0. The molecule has 0 amide bonds. The summed E-state index contributed by atoms with van der Waals surface area (Å²) >= 11 is 2.61. The highest BCUT2D eigenvalue weighted by Crippen LogP contribution is 2.07. The second kappa shape index (κ2) is 4.27. The van der Waals surface area contributed by atoms with E-state index in [1.54, 1.807) is 0 Å². The maximum absolute atomic E-state index is 2.84. The molecule has 5 heteroatoms. The molecule has 0 aromatic heterocycles. The summed E-state index contributed by atoms with van der Waals surface area (Å²) in [4.78, 5) is 0. The summed E-state index contributed by atoms with van der Waals surface area (Å²) in [6, 6.07) is 0. The van der Waals surface area contributed by atoms with Gasteiger partial charge in [-0.1, -0.05) is 26.2 Å². The van der Waals surface area contributed by atoms with E-state index in [2.05, 4.69) is 51.9 Å². The zero-order valence-electron chi connectivity index (χ0n) is 6.74. The maximum atomic E-state index is 2.84. The third kappa shape index (κ3) is 3.91. The van der Waals surface area contributed by atoms with Crippen LogP contribution in [0.5, 0.6) is 0 Å². The first kappa shape index (κ1) is 10.3. The van der Waals surface area contributed by atoms with Gasteiger partial charge in [-0.05, 0) is 0 Å². The average Bonchev–Trinajstić information content (AvgIpc) is 1.65. The van der Waals surface area contributed by atoms with Gasteiger partial charge in [-0.15, -0.1) is 21.8 Å². The van der Waals surface area contributed by atoms with Gasteiger partial charge in [0.2, 0.25) is 0 Å². The fourth-order valence-corrected chi connectivity index (χ4v) is 20.2. The van der Waals surface area contributed by atoms with E-state index in [-0.39, 0.29) is 16.9 Å². The Hall–Kier alpha value is 1.34. The van der Waals surface area contributed by atoms with Gasteiger partial charge in [0.15, 0.2) is 7.18 Å². The molecule has 56 valence electrons. The number of rotatable bonds is 3. The monoisotopic (exact) mass is 289 g/mol. The lowest BCUT2D eigenvalue weighted by molar-refractivity contribution is 1.04. The quantitative estimate of drug-likeness (QED) is 0.420. The highest BCUT2D eigenvalue weighted by Gasteiger charge is 2.19. The minimum Gasteiger partial charge on any atom is -0.370 e. The van der Waals surface area contributed by atoms with Crippen LogP contribution in [0.4, 0.5) is 0 Å². The van der Waals surface area contributed by atoms with Crippen molar-refractivity contribution in [3.63, 3.8) is 0 Å². The molecule has 0 atom stereocenters. The van der Waals surface area contributed by atoms with Gasteiger partial charge in [0.05, 0.1) is 9.68 Å². The number of hydrogen-bond acceptors (Lipinski definition) is 1. The summed E-state index contributed by atoms with van der Waals surface area (Å²) in [6.07, 6.45) is 0. The fourth-order valence-electron chi connectivity index (χ4n) is 0.738. The molecule has 0 aliphatic rings. The molecule has 0 fully saturated rings. The van der Waals surface area contributed by atoms with Crippen LogP contribution in [0.25, 0.3) is 0 Å². The summed E-state index contributed by atoms with van der Waals surface area (Å²) in [6.45, 7) is 9.77. The summed E-state index contributed by atoms with van der Waals surface area (Å²) in [5.74, 6) is 0. The van der Waals surface area contributed by atoms with Crippen molar-refractivity contribution in [1.82, 2.24) is 3.90 Å². The Labute approximate surface area is 76.7 Å². The second-order valence-corrected chi connectivity index (χ2v) is 14.7. The normalized spacial score (nSPS) is 15.3. The second-order valence-electron chi connectivity index (χ2n) is 3.15. The van der Waals surface area contributed by atoms with Crippen LogP contribution in [0, 0.1) is 0 Å². The van der Waals surface area contributed by atoms with Gasteiger partial charge in [-0.3, -0.25) is 0 Å². The molecule has 0 spiro atoms. The Kier molecular flexibility index (Phi) is 4.90. The zero-order chi connectivity index (χ0) is 7.49. The molecule has 0 N–H and O–H groups in total. The van der Waals surface area contributed by atoms with Gasteiger partial charge < -0.3 is 3.90 Å². The maximum Gasteiger partial charge on any atom is 0.152 e. The first-order valence-corrected chi connectivity index (χ1v) is 14.6. The fraction of sp³-hybridized carbons (Fsp3) is 1.00. The van der Waals surface area contributed by atoms with E-state index in [0.29, 0.717) is 0 Å². The van der Waals surface area contributed by atoms with Crippen LogP contribution in [0.3, 0.4) is 0 Å². The molecule has 0 saturated carbocycles. The molecule has 0 unspecified atom stereocenters. The first-order chi connectivity index (χ1) is 4.02. The molecule has 0 radical (unpaired) electrons. The third-order valence-corrected chi connectivity index (χ3v) is 20.7. The molecule has 0 aromatic carbocycles. The largest absolute Gasteiger partial charge is 0.370 e. The molecule has 0 aliphatic carbocycles. The number of hydrogen-bond donors (Lipinski definition) is 0. The van der Waals surface area contributed by atoms with Crippen molar-refractivity contribution in [3.8, 4) is 0 Å². The van der Waals surface area contributed by atoms with Crippen LogP contribution in [-0.2, 0) is 0 Å². The van der Waals surface area contributed by atoms with E-state index >= 15 is 0 Å². The predicted molar refractivity (Wildman–Crippen MR) is 62.2 cm³/mol.